The molecule has 0 radical (unpaired) electrons. The minimum atomic E-state index is -0.961. The van der Waals surface area contributed by atoms with E-state index >= 15 is 0 Å². The first-order valence-corrected chi connectivity index (χ1v) is 8.78. The maximum atomic E-state index is 12.5. The molecule has 0 bridgehead atoms. The van der Waals surface area contributed by atoms with Crippen LogP contribution in [0.2, 0.25) is 10.0 Å². The van der Waals surface area contributed by atoms with Gasteiger partial charge in [0.25, 0.3) is 0 Å². The maximum absolute atomic E-state index is 12.5. The van der Waals surface area contributed by atoms with E-state index in [9.17, 15) is 14.4 Å². The van der Waals surface area contributed by atoms with Crippen molar-refractivity contribution in [2.24, 2.45) is 11.8 Å². The lowest BCUT2D eigenvalue weighted by molar-refractivity contribution is -0.159. The van der Waals surface area contributed by atoms with Gasteiger partial charge >= 0.3 is 5.97 Å². The first-order chi connectivity index (χ1) is 11.9. The normalized spacial score (nSPS) is 23.6. The predicted molar refractivity (Wildman–Crippen MR) is 92.9 cm³/mol. The van der Waals surface area contributed by atoms with Crippen LogP contribution < -0.4 is 0 Å². The predicted octanol–water partition coefficient (Wildman–Crippen LogP) is 3.38. The van der Waals surface area contributed by atoms with Gasteiger partial charge in [-0.3, -0.25) is 14.5 Å². The molecule has 25 heavy (non-hydrogen) atoms. The third-order valence-corrected chi connectivity index (χ3v) is 5.24. The average molecular weight is 382 g/mol. The van der Waals surface area contributed by atoms with E-state index in [0.717, 1.165) is 4.90 Å². The first kappa shape index (κ1) is 18.0. The number of hydrogen-bond donors (Lipinski definition) is 0. The fourth-order valence-corrected chi connectivity index (χ4v) is 3.68. The van der Waals surface area contributed by atoms with Crippen molar-refractivity contribution in [3.8, 4) is 0 Å². The van der Waals surface area contributed by atoms with Crippen LogP contribution in [-0.4, -0.2) is 28.7 Å². The molecule has 1 aliphatic heterocycles. The fourth-order valence-electron chi connectivity index (χ4n) is 3.22. The molecule has 1 aromatic rings. The number of esters is 1. The van der Waals surface area contributed by atoms with Crippen LogP contribution >= 0.6 is 23.2 Å². The third-order valence-electron chi connectivity index (χ3n) is 4.66. The van der Waals surface area contributed by atoms with Crippen LogP contribution in [0.5, 0.6) is 0 Å². The Morgan fingerprint density at radius 3 is 2.36 bits per heavy atom. The van der Waals surface area contributed by atoms with Crippen molar-refractivity contribution < 1.29 is 19.1 Å². The van der Waals surface area contributed by atoms with E-state index < -0.39 is 12.0 Å². The lowest BCUT2D eigenvalue weighted by Crippen LogP contribution is -2.44. The minimum Gasteiger partial charge on any atom is -0.459 e. The van der Waals surface area contributed by atoms with Gasteiger partial charge in [-0.1, -0.05) is 41.4 Å². The number of ether oxygens (including phenoxy) is 1. The largest absolute Gasteiger partial charge is 0.459 e. The molecule has 0 spiro atoms. The van der Waals surface area contributed by atoms with Crippen molar-refractivity contribution in [1.82, 2.24) is 4.90 Å². The number of fused-ring (bicyclic) bond motifs is 1. The number of imide groups is 1. The number of allylic oxidation sites excluding steroid dienone is 2. The van der Waals surface area contributed by atoms with Gasteiger partial charge in [0.1, 0.15) is 12.6 Å². The number of nitrogens with zero attached hydrogens (tertiary/aromatic N) is 1. The van der Waals surface area contributed by atoms with E-state index in [1.54, 1.807) is 18.2 Å². The van der Waals surface area contributed by atoms with Gasteiger partial charge in [0.2, 0.25) is 11.8 Å². The highest BCUT2D eigenvalue weighted by molar-refractivity contribution is 6.35. The number of benzene rings is 1. The molecule has 1 fully saturated rings. The Balaban J connectivity index is 1.66. The van der Waals surface area contributed by atoms with Crippen LogP contribution in [-0.2, 0) is 25.7 Å². The highest BCUT2D eigenvalue weighted by Crippen LogP contribution is 2.36. The monoisotopic (exact) mass is 381 g/mol. The summed E-state index contributed by atoms with van der Waals surface area (Å²) < 4.78 is 5.24. The molecule has 3 rings (SSSR count). The van der Waals surface area contributed by atoms with E-state index in [1.807, 2.05) is 12.2 Å². The quantitative estimate of drug-likeness (QED) is 0.455. The second-order valence-corrected chi connectivity index (χ2v) is 7.07. The molecule has 2 aliphatic rings. The summed E-state index contributed by atoms with van der Waals surface area (Å²) >= 11 is 11.9. The Morgan fingerprint density at radius 1 is 1.20 bits per heavy atom. The minimum absolute atomic E-state index is 0.0518. The maximum Gasteiger partial charge on any atom is 0.329 e. The molecule has 1 aromatic carbocycles. The van der Waals surface area contributed by atoms with Gasteiger partial charge in [0.15, 0.2) is 0 Å². The SMILES string of the molecule is C[C@@H](C(=O)OCc1ccc(Cl)cc1Cl)N1C(=O)[C@H]2CC=CC[C@H]2C1=O. The van der Waals surface area contributed by atoms with Gasteiger partial charge in [-0.05, 0) is 31.9 Å². The zero-order chi connectivity index (χ0) is 18.1. The van der Waals surface area contributed by atoms with E-state index in [2.05, 4.69) is 0 Å². The Labute approximate surface area is 155 Å². The molecule has 0 saturated carbocycles. The molecule has 132 valence electrons. The van der Waals surface area contributed by atoms with E-state index in [0.29, 0.717) is 28.5 Å². The van der Waals surface area contributed by atoms with Crippen molar-refractivity contribution in [1.29, 1.82) is 0 Å². The van der Waals surface area contributed by atoms with Gasteiger partial charge in [-0.25, -0.2) is 4.79 Å². The first-order valence-electron chi connectivity index (χ1n) is 8.02. The second kappa shape index (κ2) is 7.18. The Bertz CT molecular complexity index is 735. The van der Waals surface area contributed by atoms with Crippen LogP contribution in [0, 0.1) is 11.8 Å². The third kappa shape index (κ3) is 3.44. The zero-order valence-corrected chi connectivity index (χ0v) is 15.1. The number of halogens is 2. The molecule has 1 heterocycles. The molecule has 3 atom stereocenters. The number of rotatable bonds is 4. The highest BCUT2D eigenvalue weighted by atomic mass is 35.5. The van der Waals surface area contributed by atoms with Crippen LogP contribution in [0.3, 0.4) is 0 Å². The second-order valence-electron chi connectivity index (χ2n) is 6.22. The van der Waals surface area contributed by atoms with Crippen LogP contribution in [0.4, 0.5) is 0 Å². The van der Waals surface area contributed by atoms with Crippen molar-refractivity contribution in [2.45, 2.75) is 32.4 Å². The number of carbonyl (C=O) groups is 3. The number of carbonyl (C=O) groups excluding carboxylic acids is 3. The molecule has 7 heteroatoms. The smallest absolute Gasteiger partial charge is 0.329 e. The summed E-state index contributed by atoms with van der Waals surface area (Å²) in [6.45, 7) is 1.45. The summed E-state index contributed by atoms with van der Waals surface area (Å²) in [5.41, 5.74) is 0.601. The molecule has 1 aliphatic carbocycles. The fraction of sp³-hybridized carbons (Fsp3) is 0.389. The summed E-state index contributed by atoms with van der Waals surface area (Å²) in [5.74, 6) is -1.96. The number of likely N-dealkylation sites (tertiary alicyclic amines) is 1. The van der Waals surface area contributed by atoms with Gasteiger partial charge in [-0.2, -0.15) is 0 Å². The molecule has 5 nitrogen and oxygen atoms in total. The van der Waals surface area contributed by atoms with Crippen molar-refractivity contribution in [3.63, 3.8) is 0 Å². The topological polar surface area (TPSA) is 63.7 Å². The molecule has 1 saturated heterocycles. The molecule has 0 N–H and O–H groups in total. The van der Waals surface area contributed by atoms with Crippen molar-refractivity contribution in [3.05, 3.63) is 46.0 Å². The van der Waals surface area contributed by atoms with Gasteiger partial charge in [0.05, 0.1) is 11.8 Å². The molecular formula is C18H17Cl2NO4. The van der Waals surface area contributed by atoms with Crippen LogP contribution in [0.25, 0.3) is 0 Å². The Kier molecular flexibility index (Phi) is 5.16. The van der Waals surface area contributed by atoms with E-state index in [4.69, 9.17) is 27.9 Å². The molecular weight excluding hydrogens is 365 g/mol. The van der Waals surface area contributed by atoms with Gasteiger partial charge in [0, 0.05) is 15.6 Å². The summed E-state index contributed by atoms with van der Waals surface area (Å²) in [5, 5.41) is 0.872. The molecule has 2 amide bonds. The standard InChI is InChI=1S/C18H17Cl2NO4/c1-10(18(24)25-9-11-6-7-12(19)8-15(11)20)21-16(22)13-4-2-3-5-14(13)17(21)23/h2-3,6-8,10,13-14H,4-5,9H2,1H3/t10-,13-,14+/m0/s1. The van der Waals surface area contributed by atoms with E-state index in [1.165, 1.54) is 6.92 Å². The lowest BCUT2D eigenvalue weighted by atomic mass is 9.85. The summed E-state index contributed by atoms with van der Waals surface area (Å²) in [6, 6.07) is 3.90. The Hall–Kier alpha value is -1.85. The molecule has 0 unspecified atom stereocenters. The van der Waals surface area contributed by atoms with E-state index in [-0.39, 0.29) is 30.3 Å². The van der Waals surface area contributed by atoms with Crippen molar-refractivity contribution >= 4 is 41.0 Å². The zero-order valence-electron chi connectivity index (χ0n) is 13.6. The molecule has 0 aromatic heterocycles. The Morgan fingerprint density at radius 2 is 1.80 bits per heavy atom. The summed E-state index contributed by atoms with van der Waals surface area (Å²) in [4.78, 5) is 38.4. The summed E-state index contributed by atoms with van der Waals surface area (Å²) in [7, 11) is 0. The van der Waals surface area contributed by atoms with Crippen molar-refractivity contribution in [2.75, 3.05) is 0 Å². The number of amides is 2. The van der Waals surface area contributed by atoms with Crippen LogP contribution in [0.15, 0.2) is 30.4 Å². The van der Waals surface area contributed by atoms with Crippen LogP contribution in [0.1, 0.15) is 25.3 Å². The van der Waals surface area contributed by atoms with Gasteiger partial charge in [-0.15, -0.1) is 0 Å². The average Bonchev–Trinajstić information content (AvgIpc) is 2.85. The lowest BCUT2D eigenvalue weighted by Gasteiger charge is -2.21. The van der Waals surface area contributed by atoms with Gasteiger partial charge < -0.3 is 4.74 Å². The number of hydrogen-bond acceptors (Lipinski definition) is 4. The summed E-state index contributed by atoms with van der Waals surface area (Å²) in [6.07, 6.45) is 4.88. The highest BCUT2D eigenvalue weighted by Gasteiger charge is 2.50.